The minimum Gasteiger partial charge on any atom is -0.309 e. The lowest BCUT2D eigenvalue weighted by Gasteiger charge is -2.44. The molecular formula is C19H19N3OS. The molecule has 3 heterocycles. The predicted molar refractivity (Wildman–Crippen MR) is 97.2 cm³/mol. The summed E-state index contributed by atoms with van der Waals surface area (Å²) in [4.78, 5) is 23.7. The van der Waals surface area contributed by atoms with Gasteiger partial charge < -0.3 is 4.98 Å². The van der Waals surface area contributed by atoms with Gasteiger partial charge in [0.05, 0.1) is 11.9 Å². The molecule has 0 bridgehead atoms. The molecule has 0 radical (unpaired) electrons. The molecule has 2 atom stereocenters. The van der Waals surface area contributed by atoms with E-state index in [9.17, 15) is 4.79 Å². The van der Waals surface area contributed by atoms with Crippen LogP contribution >= 0.6 is 11.3 Å². The molecule has 2 fully saturated rings. The number of nitrogens with zero attached hydrogens (tertiary/aromatic N) is 2. The molecule has 5 rings (SSSR count). The summed E-state index contributed by atoms with van der Waals surface area (Å²) in [6.45, 7) is 1.93. The van der Waals surface area contributed by atoms with Crippen molar-refractivity contribution in [1.29, 1.82) is 0 Å². The van der Waals surface area contributed by atoms with Crippen LogP contribution in [0.5, 0.6) is 0 Å². The number of nitrogens with one attached hydrogen (secondary N) is 1. The van der Waals surface area contributed by atoms with Gasteiger partial charge in [-0.2, -0.15) is 0 Å². The standard InChI is InChI=1S/C19H19N3OS/c23-18-17-14(12-5-2-1-3-6-12)11-24-19(17)21-16(20-18)10-22-9-13-7-4-8-15(13)22/h1-3,5-6,11,13,15H,4,7-10H2,(H,20,21,23). The molecule has 2 unspecified atom stereocenters. The Morgan fingerprint density at radius 2 is 2.12 bits per heavy atom. The van der Waals surface area contributed by atoms with Crippen molar-refractivity contribution in [2.24, 2.45) is 5.92 Å². The molecule has 2 aliphatic rings. The molecule has 3 aromatic rings. The van der Waals surface area contributed by atoms with Crippen LogP contribution in [0.25, 0.3) is 21.3 Å². The van der Waals surface area contributed by atoms with E-state index in [0.717, 1.165) is 46.2 Å². The zero-order chi connectivity index (χ0) is 16.1. The van der Waals surface area contributed by atoms with E-state index >= 15 is 0 Å². The second kappa shape index (κ2) is 5.53. The first-order valence-electron chi connectivity index (χ1n) is 8.59. The van der Waals surface area contributed by atoms with Crippen LogP contribution in [0.2, 0.25) is 0 Å². The molecule has 1 saturated carbocycles. The molecule has 122 valence electrons. The van der Waals surface area contributed by atoms with Crippen molar-refractivity contribution in [1.82, 2.24) is 14.9 Å². The summed E-state index contributed by atoms with van der Waals surface area (Å²) in [6, 6.07) is 10.8. The number of hydrogen-bond acceptors (Lipinski definition) is 4. The molecule has 1 N–H and O–H groups in total. The van der Waals surface area contributed by atoms with Gasteiger partial charge in [-0.15, -0.1) is 11.3 Å². The van der Waals surface area contributed by atoms with E-state index in [-0.39, 0.29) is 5.56 Å². The summed E-state index contributed by atoms with van der Waals surface area (Å²) >= 11 is 1.56. The quantitative estimate of drug-likeness (QED) is 0.794. The number of thiophene rings is 1. The summed E-state index contributed by atoms with van der Waals surface area (Å²) in [7, 11) is 0. The van der Waals surface area contributed by atoms with Gasteiger partial charge in [-0.3, -0.25) is 9.69 Å². The number of aromatic nitrogens is 2. The highest BCUT2D eigenvalue weighted by molar-refractivity contribution is 7.17. The van der Waals surface area contributed by atoms with E-state index in [2.05, 4.69) is 9.88 Å². The van der Waals surface area contributed by atoms with Gasteiger partial charge in [0.15, 0.2) is 0 Å². The summed E-state index contributed by atoms with van der Waals surface area (Å²) in [5.41, 5.74) is 2.04. The molecule has 1 aromatic carbocycles. The average molecular weight is 337 g/mol. The van der Waals surface area contributed by atoms with Crippen molar-refractivity contribution >= 4 is 21.6 Å². The van der Waals surface area contributed by atoms with E-state index in [1.807, 2.05) is 35.7 Å². The van der Waals surface area contributed by atoms with Crippen molar-refractivity contribution in [2.45, 2.75) is 31.8 Å². The van der Waals surface area contributed by atoms with Crippen LogP contribution in [0, 0.1) is 5.92 Å². The monoisotopic (exact) mass is 337 g/mol. The predicted octanol–water partition coefficient (Wildman–Crippen LogP) is 3.64. The lowest BCUT2D eigenvalue weighted by molar-refractivity contribution is 0.0282. The maximum atomic E-state index is 12.7. The number of aromatic amines is 1. The Balaban J connectivity index is 1.49. The topological polar surface area (TPSA) is 49.0 Å². The Morgan fingerprint density at radius 3 is 2.96 bits per heavy atom. The van der Waals surface area contributed by atoms with Gasteiger partial charge in [0, 0.05) is 23.5 Å². The van der Waals surface area contributed by atoms with Crippen LogP contribution in [0.15, 0.2) is 40.5 Å². The van der Waals surface area contributed by atoms with E-state index in [1.165, 1.54) is 19.3 Å². The molecule has 1 saturated heterocycles. The SMILES string of the molecule is O=c1[nH]c(CN2CC3CCCC32)nc2scc(-c3ccccc3)c12. The first kappa shape index (κ1) is 14.4. The second-order valence-corrected chi connectivity index (χ2v) is 7.75. The summed E-state index contributed by atoms with van der Waals surface area (Å²) in [6.07, 6.45) is 4.02. The van der Waals surface area contributed by atoms with Gasteiger partial charge in [-0.1, -0.05) is 36.8 Å². The minimum atomic E-state index is -0.0152. The van der Waals surface area contributed by atoms with Crippen LogP contribution in [-0.4, -0.2) is 27.5 Å². The van der Waals surface area contributed by atoms with Crippen LogP contribution in [0.1, 0.15) is 25.1 Å². The fourth-order valence-corrected chi connectivity index (χ4v) is 5.25. The summed E-state index contributed by atoms with van der Waals surface area (Å²) < 4.78 is 0. The molecule has 1 aliphatic carbocycles. The summed E-state index contributed by atoms with van der Waals surface area (Å²) in [5.74, 6) is 1.69. The van der Waals surface area contributed by atoms with Crippen molar-refractivity contribution in [2.75, 3.05) is 6.54 Å². The van der Waals surface area contributed by atoms with Crippen molar-refractivity contribution < 1.29 is 0 Å². The first-order chi connectivity index (χ1) is 11.8. The number of benzene rings is 1. The third-order valence-electron chi connectivity index (χ3n) is 5.49. The number of rotatable bonds is 3. The molecule has 5 heteroatoms. The van der Waals surface area contributed by atoms with Crippen molar-refractivity contribution in [3.63, 3.8) is 0 Å². The van der Waals surface area contributed by atoms with E-state index < -0.39 is 0 Å². The van der Waals surface area contributed by atoms with Gasteiger partial charge in [0.1, 0.15) is 10.7 Å². The third-order valence-corrected chi connectivity index (χ3v) is 6.36. The van der Waals surface area contributed by atoms with Gasteiger partial charge in [-0.25, -0.2) is 4.98 Å². The lowest BCUT2D eigenvalue weighted by atomic mass is 9.92. The van der Waals surface area contributed by atoms with Crippen LogP contribution in [0.4, 0.5) is 0 Å². The van der Waals surface area contributed by atoms with Crippen LogP contribution in [-0.2, 0) is 6.54 Å². The molecule has 0 spiro atoms. The molecule has 4 nitrogen and oxygen atoms in total. The Labute approximate surface area is 144 Å². The fourth-order valence-electron chi connectivity index (χ4n) is 4.28. The fraction of sp³-hybridized carbons (Fsp3) is 0.368. The smallest absolute Gasteiger partial charge is 0.260 e. The second-order valence-electron chi connectivity index (χ2n) is 6.90. The highest BCUT2D eigenvalue weighted by atomic mass is 32.1. The number of hydrogen-bond donors (Lipinski definition) is 1. The van der Waals surface area contributed by atoms with E-state index in [4.69, 9.17) is 4.98 Å². The molecular weight excluding hydrogens is 318 g/mol. The highest BCUT2D eigenvalue weighted by Crippen LogP contribution is 2.39. The Kier molecular flexibility index (Phi) is 3.31. The number of H-pyrrole nitrogens is 1. The maximum absolute atomic E-state index is 12.7. The Hall–Kier alpha value is -1.98. The Morgan fingerprint density at radius 1 is 1.25 bits per heavy atom. The third kappa shape index (κ3) is 2.23. The van der Waals surface area contributed by atoms with Gasteiger partial charge in [0.2, 0.25) is 0 Å². The Bertz CT molecular complexity index is 946. The van der Waals surface area contributed by atoms with Gasteiger partial charge in [0.25, 0.3) is 5.56 Å². The van der Waals surface area contributed by atoms with Crippen LogP contribution in [0.3, 0.4) is 0 Å². The van der Waals surface area contributed by atoms with Gasteiger partial charge in [-0.05, 0) is 24.3 Å². The van der Waals surface area contributed by atoms with Crippen LogP contribution < -0.4 is 5.56 Å². The average Bonchev–Trinajstić information content (AvgIpc) is 3.17. The number of fused-ring (bicyclic) bond motifs is 2. The molecule has 1 aliphatic heterocycles. The van der Waals surface area contributed by atoms with E-state index in [1.54, 1.807) is 11.3 Å². The molecule has 0 amide bonds. The van der Waals surface area contributed by atoms with Gasteiger partial charge >= 0.3 is 0 Å². The first-order valence-corrected chi connectivity index (χ1v) is 9.47. The zero-order valence-electron chi connectivity index (χ0n) is 13.4. The maximum Gasteiger partial charge on any atom is 0.260 e. The van der Waals surface area contributed by atoms with E-state index in [0.29, 0.717) is 6.04 Å². The van der Waals surface area contributed by atoms with Crippen molar-refractivity contribution in [3.8, 4) is 11.1 Å². The zero-order valence-corrected chi connectivity index (χ0v) is 14.2. The normalized spacial score (nSPS) is 23.3. The molecule has 24 heavy (non-hydrogen) atoms. The minimum absolute atomic E-state index is 0.0152. The number of likely N-dealkylation sites (tertiary alicyclic amines) is 1. The highest BCUT2D eigenvalue weighted by Gasteiger charge is 2.41. The molecule has 2 aromatic heterocycles. The summed E-state index contributed by atoms with van der Waals surface area (Å²) in [5, 5.41) is 2.76. The largest absolute Gasteiger partial charge is 0.309 e. The lowest BCUT2D eigenvalue weighted by Crippen LogP contribution is -2.52. The van der Waals surface area contributed by atoms with Crippen molar-refractivity contribution in [3.05, 3.63) is 51.9 Å².